The van der Waals surface area contributed by atoms with Crippen molar-refractivity contribution in [3.63, 3.8) is 0 Å². The number of methoxy groups -OCH3 is 1. The Hall–Kier alpha value is -1.02. The number of aromatic nitrogens is 1. The number of aryl methyl sites for hydroxylation is 2. The van der Waals surface area contributed by atoms with Gasteiger partial charge >= 0.3 is 0 Å². The molecule has 21 heavy (non-hydrogen) atoms. The van der Waals surface area contributed by atoms with Gasteiger partial charge in [0.25, 0.3) is 0 Å². The van der Waals surface area contributed by atoms with Crippen molar-refractivity contribution < 1.29 is 14.0 Å². The first-order valence-corrected chi connectivity index (χ1v) is 8.22. The number of thiophene rings is 1. The Morgan fingerprint density at radius 3 is 2.67 bits per heavy atom. The first-order chi connectivity index (χ1) is 10.1. The summed E-state index contributed by atoms with van der Waals surface area (Å²) in [6.07, 6.45) is 0. The van der Waals surface area contributed by atoms with Crippen molar-refractivity contribution in [2.45, 2.75) is 25.0 Å². The zero-order valence-corrected chi connectivity index (χ0v) is 14.3. The van der Waals surface area contributed by atoms with Crippen LogP contribution < -0.4 is 4.31 Å². The van der Waals surface area contributed by atoms with Gasteiger partial charge in [0.05, 0.1) is 17.4 Å². The second-order valence-corrected chi connectivity index (χ2v) is 7.16. The van der Waals surface area contributed by atoms with Crippen LogP contribution in [0, 0.1) is 20.8 Å². The molecule has 2 aromatic heterocycles. The summed E-state index contributed by atoms with van der Waals surface area (Å²) in [5.74, 6) is 1.64. The summed E-state index contributed by atoms with van der Waals surface area (Å²) in [5, 5.41) is 4.14. The fraction of sp³-hybridized carbons (Fsp3) is 0.500. The van der Waals surface area contributed by atoms with E-state index in [1.165, 1.54) is 9.09 Å². The van der Waals surface area contributed by atoms with Crippen molar-refractivity contribution in [1.29, 1.82) is 0 Å². The van der Waals surface area contributed by atoms with E-state index in [9.17, 15) is 0 Å². The third-order valence-electron chi connectivity index (χ3n) is 2.92. The maximum atomic E-state index is 5.64. The molecule has 0 unspecified atom stereocenters. The van der Waals surface area contributed by atoms with Gasteiger partial charge in [0.1, 0.15) is 12.5 Å². The van der Waals surface area contributed by atoms with Gasteiger partial charge in [-0.25, -0.2) is 0 Å². The highest BCUT2D eigenvalue weighted by atomic mass is 32.2. The summed E-state index contributed by atoms with van der Waals surface area (Å²) < 4.78 is 19.1. The lowest BCUT2D eigenvalue weighted by Crippen LogP contribution is -2.20. The van der Waals surface area contributed by atoms with Crippen LogP contribution >= 0.6 is 23.3 Å². The van der Waals surface area contributed by atoms with E-state index in [0.717, 1.165) is 17.1 Å². The zero-order chi connectivity index (χ0) is 15.2. The highest BCUT2D eigenvalue weighted by molar-refractivity contribution is 8.02. The fourth-order valence-electron chi connectivity index (χ4n) is 1.63. The average molecular weight is 328 g/mol. The summed E-state index contributed by atoms with van der Waals surface area (Å²) in [5.41, 5.74) is 1.03. The van der Waals surface area contributed by atoms with Gasteiger partial charge in [-0.1, -0.05) is 5.16 Å². The topological polar surface area (TPSA) is 47.7 Å². The molecule has 0 saturated heterocycles. The Kier molecular flexibility index (Phi) is 6.10. The Labute approximate surface area is 133 Å². The van der Waals surface area contributed by atoms with Crippen LogP contribution in [0.3, 0.4) is 0 Å². The molecule has 2 aromatic rings. The predicted octanol–water partition coefficient (Wildman–Crippen LogP) is 3.80. The SMILES string of the molecule is COCCOCN(Sc1ccc(C)s1)c1noc(C)c1C. The number of hydrogen-bond donors (Lipinski definition) is 0. The molecular weight excluding hydrogens is 308 g/mol. The van der Waals surface area contributed by atoms with E-state index in [0.29, 0.717) is 19.9 Å². The normalized spacial score (nSPS) is 11.0. The number of nitrogens with zero attached hydrogens (tertiary/aromatic N) is 2. The molecule has 0 fully saturated rings. The molecule has 0 aromatic carbocycles. The number of ether oxygens (including phenoxy) is 2. The van der Waals surface area contributed by atoms with Crippen molar-refractivity contribution >= 4 is 29.1 Å². The van der Waals surface area contributed by atoms with Crippen LogP contribution in [0.5, 0.6) is 0 Å². The Morgan fingerprint density at radius 2 is 2.10 bits per heavy atom. The summed E-state index contributed by atoms with van der Waals surface area (Å²) >= 11 is 3.36. The number of anilines is 1. The van der Waals surface area contributed by atoms with E-state index in [4.69, 9.17) is 14.0 Å². The minimum absolute atomic E-state index is 0.428. The largest absolute Gasteiger partial charge is 0.382 e. The molecule has 0 radical (unpaired) electrons. The molecule has 116 valence electrons. The van der Waals surface area contributed by atoms with E-state index in [-0.39, 0.29) is 0 Å². The molecule has 0 bridgehead atoms. The van der Waals surface area contributed by atoms with E-state index in [1.807, 2.05) is 18.2 Å². The first kappa shape index (κ1) is 16.4. The third kappa shape index (κ3) is 4.47. The van der Waals surface area contributed by atoms with E-state index < -0.39 is 0 Å². The molecule has 2 heterocycles. The monoisotopic (exact) mass is 328 g/mol. The van der Waals surface area contributed by atoms with Gasteiger partial charge in [0, 0.05) is 29.5 Å². The lowest BCUT2D eigenvalue weighted by atomic mass is 10.3. The molecule has 0 amide bonds. The van der Waals surface area contributed by atoms with Crippen LogP contribution in [-0.4, -0.2) is 32.2 Å². The highest BCUT2D eigenvalue weighted by Gasteiger charge is 2.18. The van der Waals surface area contributed by atoms with Crippen molar-refractivity contribution in [2.24, 2.45) is 0 Å². The smallest absolute Gasteiger partial charge is 0.187 e. The van der Waals surface area contributed by atoms with Gasteiger partial charge in [-0.05, 0) is 32.9 Å². The molecular formula is C14H20N2O3S2. The standard InChI is InChI=1S/C14H20N2O3S2/c1-10-5-6-13(20-10)21-16(9-18-8-7-17-4)14-11(2)12(3)19-15-14/h5-6H,7-9H2,1-4H3. The quantitative estimate of drug-likeness (QED) is 0.417. The minimum Gasteiger partial charge on any atom is -0.382 e. The number of rotatable bonds is 8. The molecule has 7 heteroatoms. The lowest BCUT2D eigenvalue weighted by Gasteiger charge is -2.20. The fourth-order valence-corrected chi connectivity index (χ4v) is 3.76. The average Bonchev–Trinajstić information content (AvgIpc) is 3.01. The van der Waals surface area contributed by atoms with Crippen LogP contribution in [0.1, 0.15) is 16.2 Å². The molecule has 0 aliphatic rings. The zero-order valence-electron chi connectivity index (χ0n) is 12.7. The Balaban J connectivity index is 2.08. The lowest BCUT2D eigenvalue weighted by molar-refractivity contribution is 0.0759. The molecule has 2 rings (SSSR count). The molecule has 5 nitrogen and oxygen atoms in total. The van der Waals surface area contributed by atoms with Crippen LogP contribution in [0.4, 0.5) is 5.82 Å². The van der Waals surface area contributed by atoms with Crippen molar-refractivity contribution in [3.8, 4) is 0 Å². The van der Waals surface area contributed by atoms with Crippen LogP contribution in [0.2, 0.25) is 0 Å². The molecule has 0 aliphatic carbocycles. The van der Waals surface area contributed by atoms with Crippen LogP contribution in [0.15, 0.2) is 20.9 Å². The molecule has 0 N–H and O–H groups in total. The summed E-state index contributed by atoms with van der Waals surface area (Å²) in [7, 11) is 1.66. The van der Waals surface area contributed by atoms with Crippen molar-refractivity contribution in [1.82, 2.24) is 5.16 Å². The minimum atomic E-state index is 0.428. The van der Waals surface area contributed by atoms with Crippen molar-refractivity contribution in [2.75, 3.05) is 31.4 Å². The van der Waals surface area contributed by atoms with Gasteiger partial charge in [-0.2, -0.15) is 0 Å². The molecule has 0 spiro atoms. The maximum Gasteiger partial charge on any atom is 0.187 e. The van der Waals surface area contributed by atoms with Crippen LogP contribution in [0.25, 0.3) is 0 Å². The van der Waals surface area contributed by atoms with Gasteiger partial charge in [0.2, 0.25) is 0 Å². The molecule has 0 aliphatic heterocycles. The summed E-state index contributed by atoms with van der Waals surface area (Å²) in [4.78, 5) is 1.28. The van der Waals surface area contributed by atoms with E-state index >= 15 is 0 Å². The van der Waals surface area contributed by atoms with Crippen LogP contribution in [-0.2, 0) is 9.47 Å². The van der Waals surface area contributed by atoms with Gasteiger partial charge in [-0.3, -0.25) is 4.31 Å². The highest BCUT2D eigenvalue weighted by Crippen LogP contribution is 2.34. The Bertz CT molecular complexity index is 568. The molecule has 0 saturated carbocycles. The number of hydrogen-bond acceptors (Lipinski definition) is 7. The van der Waals surface area contributed by atoms with E-state index in [2.05, 4.69) is 24.2 Å². The maximum absolute atomic E-state index is 5.64. The second kappa shape index (κ2) is 7.84. The van der Waals surface area contributed by atoms with Gasteiger partial charge in [0.15, 0.2) is 5.82 Å². The van der Waals surface area contributed by atoms with Gasteiger partial charge in [-0.15, -0.1) is 11.3 Å². The summed E-state index contributed by atoms with van der Waals surface area (Å²) in [6, 6.07) is 4.22. The first-order valence-electron chi connectivity index (χ1n) is 6.63. The van der Waals surface area contributed by atoms with Crippen molar-refractivity contribution in [3.05, 3.63) is 28.3 Å². The second-order valence-electron chi connectivity index (χ2n) is 4.55. The predicted molar refractivity (Wildman–Crippen MR) is 86.1 cm³/mol. The summed E-state index contributed by atoms with van der Waals surface area (Å²) in [6.45, 7) is 7.57. The third-order valence-corrected chi connectivity index (χ3v) is 5.01. The molecule has 0 atom stereocenters. The van der Waals surface area contributed by atoms with E-state index in [1.54, 1.807) is 30.4 Å². The van der Waals surface area contributed by atoms with Gasteiger partial charge < -0.3 is 14.0 Å². The Morgan fingerprint density at radius 1 is 1.29 bits per heavy atom.